The van der Waals surface area contributed by atoms with E-state index in [1.807, 2.05) is 12.1 Å². The summed E-state index contributed by atoms with van der Waals surface area (Å²) in [5.41, 5.74) is 1.19. The fourth-order valence-electron chi connectivity index (χ4n) is 1.95. The van der Waals surface area contributed by atoms with E-state index in [9.17, 15) is 0 Å². The average Bonchev–Trinajstić information content (AvgIpc) is 2.49. The largest absolute Gasteiger partial charge is 0.493 e. The molecule has 2 N–H and O–H groups in total. The molecule has 0 aromatic heterocycles. The van der Waals surface area contributed by atoms with Crippen molar-refractivity contribution in [3.63, 3.8) is 0 Å². The van der Waals surface area contributed by atoms with Gasteiger partial charge in [-0.25, -0.2) is 0 Å². The van der Waals surface area contributed by atoms with Gasteiger partial charge in [0, 0.05) is 12.6 Å². The maximum Gasteiger partial charge on any atom is 0.161 e. The Kier molecular flexibility index (Phi) is 8.07. The fraction of sp³-hybridized carbons (Fsp3) is 0.625. The van der Waals surface area contributed by atoms with E-state index in [4.69, 9.17) is 14.6 Å². The SMILES string of the molecule is CCCNC(C)c1ccc(OCCCCO)c(OC)c1. The van der Waals surface area contributed by atoms with Gasteiger partial charge >= 0.3 is 0 Å². The molecule has 0 saturated heterocycles. The van der Waals surface area contributed by atoms with Gasteiger partial charge in [0.25, 0.3) is 0 Å². The van der Waals surface area contributed by atoms with E-state index < -0.39 is 0 Å². The molecule has 0 aliphatic carbocycles. The van der Waals surface area contributed by atoms with E-state index >= 15 is 0 Å². The Balaban J connectivity index is 2.64. The fourth-order valence-corrected chi connectivity index (χ4v) is 1.95. The van der Waals surface area contributed by atoms with E-state index in [-0.39, 0.29) is 6.61 Å². The number of methoxy groups -OCH3 is 1. The Morgan fingerprint density at radius 1 is 1.25 bits per heavy atom. The third-order valence-electron chi connectivity index (χ3n) is 3.20. The highest BCUT2D eigenvalue weighted by Gasteiger charge is 2.10. The van der Waals surface area contributed by atoms with Crippen LogP contribution in [0.1, 0.15) is 44.7 Å². The second-order valence-corrected chi connectivity index (χ2v) is 4.87. The summed E-state index contributed by atoms with van der Waals surface area (Å²) in [6.45, 7) is 6.11. The van der Waals surface area contributed by atoms with Crippen molar-refractivity contribution in [3.8, 4) is 11.5 Å². The van der Waals surface area contributed by atoms with Crippen LogP contribution in [0.25, 0.3) is 0 Å². The summed E-state index contributed by atoms with van der Waals surface area (Å²) in [5.74, 6) is 1.52. The van der Waals surface area contributed by atoms with Crippen LogP contribution in [0.15, 0.2) is 18.2 Å². The number of nitrogens with one attached hydrogen (secondary N) is 1. The number of hydrogen-bond donors (Lipinski definition) is 2. The Morgan fingerprint density at radius 3 is 2.70 bits per heavy atom. The molecule has 0 amide bonds. The van der Waals surface area contributed by atoms with Crippen LogP contribution in [0.4, 0.5) is 0 Å². The minimum Gasteiger partial charge on any atom is -0.493 e. The van der Waals surface area contributed by atoms with Crippen molar-refractivity contribution in [2.24, 2.45) is 0 Å². The molecule has 4 nitrogen and oxygen atoms in total. The number of benzene rings is 1. The molecule has 0 saturated carbocycles. The molecule has 0 spiro atoms. The summed E-state index contributed by atoms with van der Waals surface area (Å²) in [4.78, 5) is 0. The number of aliphatic hydroxyl groups is 1. The van der Waals surface area contributed by atoms with Gasteiger partial charge in [-0.15, -0.1) is 0 Å². The van der Waals surface area contributed by atoms with Crippen molar-refractivity contribution in [1.82, 2.24) is 5.32 Å². The number of aliphatic hydroxyl groups excluding tert-OH is 1. The van der Waals surface area contributed by atoms with E-state index in [0.29, 0.717) is 12.6 Å². The Morgan fingerprint density at radius 2 is 2.05 bits per heavy atom. The number of unbranched alkanes of at least 4 members (excludes halogenated alkanes) is 1. The van der Waals surface area contributed by atoms with Gasteiger partial charge in [-0.3, -0.25) is 0 Å². The lowest BCUT2D eigenvalue weighted by Crippen LogP contribution is -2.19. The molecule has 1 aromatic rings. The van der Waals surface area contributed by atoms with Gasteiger partial charge in [0.15, 0.2) is 11.5 Å². The molecular weight excluding hydrogens is 254 g/mol. The van der Waals surface area contributed by atoms with Crippen LogP contribution in [-0.2, 0) is 0 Å². The second-order valence-electron chi connectivity index (χ2n) is 4.87. The smallest absolute Gasteiger partial charge is 0.161 e. The predicted molar refractivity (Wildman–Crippen MR) is 81.5 cm³/mol. The van der Waals surface area contributed by atoms with Crippen molar-refractivity contribution >= 4 is 0 Å². The average molecular weight is 281 g/mol. The Hall–Kier alpha value is -1.26. The Labute approximate surface area is 122 Å². The summed E-state index contributed by atoms with van der Waals surface area (Å²) in [6.07, 6.45) is 2.72. The van der Waals surface area contributed by atoms with Gasteiger partial charge in [-0.2, -0.15) is 0 Å². The Bertz CT molecular complexity index is 382. The van der Waals surface area contributed by atoms with E-state index in [1.165, 1.54) is 5.56 Å². The molecular formula is C16H27NO3. The summed E-state index contributed by atoms with van der Waals surface area (Å²) in [7, 11) is 1.66. The standard InChI is InChI=1S/C16H27NO3/c1-4-9-17-13(2)14-7-8-15(16(12-14)19-3)20-11-6-5-10-18/h7-8,12-13,17-18H,4-6,9-11H2,1-3H3. The van der Waals surface area contributed by atoms with Gasteiger partial charge in [-0.05, 0) is 50.4 Å². The number of ether oxygens (including phenoxy) is 2. The van der Waals surface area contributed by atoms with E-state index in [2.05, 4.69) is 25.2 Å². The molecule has 1 atom stereocenters. The van der Waals surface area contributed by atoms with Crippen LogP contribution in [-0.4, -0.2) is 32.0 Å². The monoisotopic (exact) mass is 281 g/mol. The lowest BCUT2D eigenvalue weighted by Gasteiger charge is -2.17. The minimum atomic E-state index is 0.208. The van der Waals surface area contributed by atoms with Crippen LogP contribution < -0.4 is 14.8 Å². The summed E-state index contributed by atoms with van der Waals surface area (Å²) < 4.78 is 11.1. The van der Waals surface area contributed by atoms with Gasteiger partial charge in [-0.1, -0.05) is 13.0 Å². The summed E-state index contributed by atoms with van der Waals surface area (Å²) in [5, 5.41) is 12.2. The number of rotatable bonds is 10. The molecule has 0 aliphatic rings. The highest BCUT2D eigenvalue weighted by Crippen LogP contribution is 2.30. The molecule has 0 bridgehead atoms. The molecule has 114 valence electrons. The first-order valence-corrected chi connectivity index (χ1v) is 7.37. The normalized spacial score (nSPS) is 12.2. The van der Waals surface area contributed by atoms with Crippen LogP contribution in [0.2, 0.25) is 0 Å². The third kappa shape index (κ3) is 5.39. The molecule has 1 rings (SSSR count). The lowest BCUT2D eigenvalue weighted by molar-refractivity contribution is 0.247. The topological polar surface area (TPSA) is 50.7 Å². The zero-order valence-corrected chi connectivity index (χ0v) is 12.8. The third-order valence-corrected chi connectivity index (χ3v) is 3.20. The molecule has 4 heteroatoms. The zero-order valence-electron chi connectivity index (χ0n) is 12.8. The van der Waals surface area contributed by atoms with E-state index in [1.54, 1.807) is 7.11 Å². The van der Waals surface area contributed by atoms with Crippen molar-refractivity contribution in [2.45, 2.75) is 39.2 Å². The molecule has 20 heavy (non-hydrogen) atoms. The predicted octanol–water partition coefficient (Wildman–Crippen LogP) is 2.91. The molecule has 0 heterocycles. The highest BCUT2D eigenvalue weighted by molar-refractivity contribution is 5.43. The molecule has 1 unspecified atom stereocenters. The summed E-state index contributed by atoms with van der Waals surface area (Å²) in [6, 6.07) is 6.34. The highest BCUT2D eigenvalue weighted by atomic mass is 16.5. The van der Waals surface area contributed by atoms with E-state index in [0.717, 1.165) is 37.3 Å². The van der Waals surface area contributed by atoms with Crippen molar-refractivity contribution in [1.29, 1.82) is 0 Å². The van der Waals surface area contributed by atoms with Crippen LogP contribution in [0.3, 0.4) is 0 Å². The molecule has 0 radical (unpaired) electrons. The van der Waals surface area contributed by atoms with Crippen LogP contribution in [0, 0.1) is 0 Å². The lowest BCUT2D eigenvalue weighted by atomic mass is 10.1. The van der Waals surface area contributed by atoms with Gasteiger partial charge in [0.2, 0.25) is 0 Å². The maximum absolute atomic E-state index is 8.75. The molecule has 1 aromatic carbocycles. The van der Waals surface area contributed by atoms with Gasteiger partial charge in [0.1, 0.15) is 0 Å². The first-order valence-electron chi connectivity index (χ1n) is 7.37. The first kappa shape index (κ1) is 16.8. The van der Waals surface area contributed by atoms with Crippen molar-refractivity contribution in [3.05, 3.63) is 23.8 Å². The van der Waals surface area contributed by atoms with Crippen LogP contribution >= 0.6 is 0 Å². The minimum absolute atomic E-state index is 0.208. The molecule has 0 aliphatic heterocycles. The zero-order chi connectivity index (χ0) is 14.8. The van der Waals surface area contributed by atoms with Crippen molar-refractivity contribution < 1.29 is 14.6 Å². The summed E-state index contributed by atoms with van der Waals surface area (Å²) >= 11 is 0. The number of hydrogen-bond acceptors (Lipinski definition) is 4. The quantitative estimate of drug-likeness (QED) is 0.647. The maximum atomic E-state index is 8.75. The van der Waals surface area contributed by atoms with Crippen molar-refractivity contribution in [2.75, 3.05) is 26.9 Å². The van der Waals surface area contributed by atoms with Gasteiger partial charge in [0.05, 0.1) is 13.7 Å². The van der Waals surface area contributed by atoms with Gasteiger partial charge < -0.3 is 19.9 Å². The molecule has 0 fully saturated rings. The second kappa shape index (κ2) is 9.61. The first-order chi connectivity index (χ1) is 9.72. The van der Waals surface area contributed by atoms with Crippen LogP contribution in [0.5, 0.6) is 11.5 Å².